The van der Waals surface area contributed by atoms with E-state index in [1.165, 1.54) is 0 Å². The van der Waals surface area contributed by atoms with Gasteiger partial charge in [-0.25, -0.2) is 9.59 Å². The molecule has 0 radical (unpaired) electrons. The summed E-state index contributed by atoms with van der Waals surface area (Å²) in [5.74, 6) is 2.98. The molecule has 7 heteroatoms. The van der Waals surface area contributed by atoms with Gasteiger partial charge in [0.2, 0.25) is 5.91 Å². The number of hydrogen-bond donors (Lipinski definition) is 4. The summed E-state index contributed by atoms with van der Waals surface area (Å²) in [6.07, 6.45) is -0.456. The monoisotopic (exact) mass is 227 g/mol. The zero-order valence-electron chi connectivity index (χ0n) is 8.74. The lowest BCUT2D eigenvalue weighted by atomic mass is 10.2. The van der Waals surface area contributed by atoms with E-state index in [2.05, 4.69) is 22.5 Å². The standard InChI is InChI=1S/C9H13N3O4/c1-2-3-4-11-9(16)12-6(8(14)15)5-7(10)13/h6H,4-5H2,1H3,(H2,10,13)(H,14,15)(H2,11,12,16). The number of nitrogens with one attached hydrogen (secondary N) is 2. The van der Waals surface area contributed by atoms with E-state index in [0.717, 1.165) is 0 Å². The summed E-state index contributed by atoms with van der Waals surface area (Å²) in [7, 11) is 0. The molecule has 1 atom stereocenters. The number of amides is 3. The third kappa shape index (κ3) is 6.26. The van der Waals surface area contributed by atoms with E-state index < -0.39 is 30.4 Å². The van der Waals surface area contributed by atoms with E-state index >= 15 is 0 Å². The Hall–Kier alpha value is -2.23. The molecule has 5 N–H and O–H groups in total. The van der Waals surface area contributed by atoms with Crippen molar-refractivity contribution >= 4 is 17.9 Å². The fraction of sp³-hybridized carbons (Fsp3) is 0.444. The van der Waals surface area contributed by atoms with Crippen LogP contribution < -0.4 is 16.4 Å². The van der Waals surface area contributed by atoms with Gasteiger partial charge in [0.15, 0.2) is 0 Å². The van der Waals surface area contributed by atoms with Gasteiger partial charge in [-0.2, -0.15) is 0 Å². The van der Waals surface area contributed by atoms with E-state index in [9.17, 15) is 14.4 Å². The van der Waals surface area contributed by atoms with Crippen molar-refractivity contribution in [2.75, 3.05) is 6.54 Å². The van der Waals surface area contributed by atoms with Crippen molar-refractivity contribution in [3.63, 3.8) is 0 Å². The number of carbonyl (C=O) groups is 3. The quantitative estimate of drug-likeness (QED) is 0.433. The van der Waals surface area contributed by atoms with Crippen LogP contribution in [0.2, 0.25) is 0 Å². The molecule has 88 valence electrons. The van der Waals surface area contributed by atoms with Gasteiger partial charge in [0, 0.05) is 0 Å². The topological polar surface area (TPSA) is 122 Å². The van der Waals surface area contributed by atoms with E-state index in [1.54, 1.807) is 6.92 Å². The normalized spacial score (nSPS) is 10.6. The molecule has 7 nitrogen and oxygen atoms in total. The Balaban J connectivity index is 4.16. The first kappa shape index (κ1) is 13.8. The maximum atomic E-state index is 11.1. The number of rotatable bonds is 5. The maximum Gasteiger partial charge on any atom is 0.326 e. The highest BCUT2D eigenvalue weighted by Gasteiger charge is 2.21. The van der Waals surface area contributed by atoms with Gasteiger partial charge in [-0.15, -0.1) is 5.92 Å². The van der Waals surface area contributed by atoms with E-state index in [0.29, 0.717) is 0 Å². The van der Waals surface area contributed by atoms with Crippen LogP contribution in [0.3, 0.4) is 0 Å². The number of nitrogens with two attached hydrogens (primary N) is 1. The first-order chi connectivity index (χ1) is 7.47. The first-order valence-electron chi connectivity index (χ1n) is 4.42. The summed E-state index contributed by atoms with van der Waals surface area (Å²) >= 11 is 0. The Morgan fingerprint density at radius 2 is 2.06 bits per heavy atom. The minimum Gasteiger partial charge on any atom is -0.480 e. The number of aliphatic carboxylic acids is 1. The molecule has 0 aliphatic heterocycles. The van der Waals surface area contributed by atoms with Gasteiger partial charge >= 0.3 is 12.0 Å². The SMILES string of the molecule is CC#CCNC(=O)NC(CC(N)=O)C(=O)O. The fourth-order valence-electron chi connectivity index (χ4n) is 0.823. The highest BCUT2D eigenvalue weighted by atomic mass is 16.4. The number of primary amides is 1. The average molecular weight is 227 g/mol. The van der Waals surface area contributed by atoms with Crippen molar-refractivity contribution in [1.82, 2.24) is 10.6 Å². The van der Waals surface area contributed by atoms with Crippen molar-refractivity contribution in [3.8, 4) is 11.8 Å². The van der Waals surface area contributed by atoms with Crippen LogP contribution in [0.15, 0.2) is 0 Å². The molecule has 0 aromatic heterocycles. The van der Waals surface area contributed by atoms with E-state index in [1.807, 2.05) is 0 Å². The molecule has 0 aliphatic carbocycles. The van der Waals surface area contributed by atoms with Gasteiger partial charge in [-0.1, -0.05) is 5.92 Å². The van der Waals surface area contributed by atoms with Crippen LogP contribution in [0, 0.1) is 11.8 Å². The van der Waals surface area contributed by atoms with Gasteiger partial charge in [-0.3, -0.25) is 4.79 Å². The molecule has 0 heterocycles. The second-order valence-electron chi connectivity index (χ2n) is 2.82. The third-order valence-corrected chi connectivity index (χ3v) is 1.52. The molecule has 0 spiro atoms. The maximum absolute atomic E-state index is 11.1. The van der Waals surface area contributed by atoms with Crippen LogP contribution in [0.25, 0.3) is 0 Å². The van der Waals surface area contributed by atoms with Crippen molar-refractivity contribution in [2.24, 2.45) is 5.73 Å². The Labute approximate surface area is 92.4 Å². The molecule has 0 saturated carbocycles. The average Bonchev–Trinajstić information content (AvgIpc) is 2.16. The summed E-state index contributed by atoms with van der Waals surface area (Å²) in [4.78, 5) is 32.3. The summed E-state index contributed by atoms with van der Waals surface area (Å²) < 4.78 is 0. The smallest absolute Gasteiger partial charge is 0.326 e. The van der Waals surface area contributed by atoms with Gasteiger partial charge in [0.1, 0.15) is 6.04 Å². The van der Waals surface area contributed by atoms with Crippen LogP contribution in [0.5, 0.6) is 0 Å². The molecule has 0 rings (SSSR count). The Morgan fingerprint density at radius 3 is 2.50 bits per heavy atom. The van der Waals surface area contributed by atoms with E-state index in [-0.39, 0.29) is 6.54 Å². The minimum atomic E-state index is -1.33. The Bertz CT molecular complexity index is 342. The number of hydrogen-bond acceptors (Lipinski definition) is 3. The predicted molar refractivity (Wildman–Crippen MR) is 55.2 cm³/mol. The molecule has 0 aromatic carbocycles. The summed E-state index contributed by atoms with van der Waals surface area (Å²) in [5.41, 5.74) is 4.83. The molecule has 3 amide bonds. The lowest BCUT2D eigenvalue weighted by Gasteiger charge is -2.12. The van der Waals surface area contributed by atoms with Crippen molar-refractivity contribution in [2.45, 2.75) is 19.4 Å². The highest BCUT2D eigenvalue weighted by Crippen LogP contribution is 1.91. The number of carboxylic acid groups (broad SMARTS) is 1. The van der Waals surface area contributed by atoms with Crippen LogP contribution in [0.4, 0.5) is 4.79 Å². The van der Waals surface area contributed by atoms with Crippen molar-refractivity contribution in [3.05, 3.63) is 0 Å². The molecule has 0 aromatic rings. The molecule has 0 bridgehead atoms. The van der Waals surface area contributed by atoms with Gasteiger partial charge in [0.25, 0.3) is 0 Å². The lowest BCUT2D eigenvalue weighted by Crippen LogP contribution is -2.47. The van der Waals surface area contributed by atoms with Crippen molar-refractivity contribution in [1.29, 1.82) is 0 Å². The van der Waals surface area contributed by atoms with Crippen molar-refractivity contribution < 1.29 is 19.5 Å². The minimum absolute atomic E-state index is 0.102. The molecule has 16 heavy (non-hydrogen) atoms. The number of urea groups is 1. The van der Waals surface area contributed by atoms with Gasteiger partial charge < -0.3 is 21.5 Å². The zero-order chi connectivity index (χ0) is 12.6. The summed E-state index contributed by atoms with van der Waals surface area (Å²) in [5, 5.41) is 13.1. The molecular formula is C9H13N3O4. The Kier molecular flexibility index (Phi) is 6.12. The zero-order valence-corrected chi connectivity index (χ0v) is 8.74. The van der Waals surface area contributed by atoms with Crippen LogP contribution in [-0.2, 0) is 9.59 Å². The summed E-state index contributed by atoms with van der Waals surface area (Å²) in [6.45, 7) is 1.71. The van der Waals surface area contributed by atoms with Gasteiger partial charge in [0.05, 0.1) is 13.0 Å². The third-order valence-electron chi connectivity index (χ3n) is 1.52. The predicted octanol–water partition coefficient (Wildman–Crippen LogP) is -1.36. The second kappa shape index (κ2) is 7.11. The fourth-order valence-corrected chi connectivity index (χ4v) is 0.823. The largest absolute Gasteiger partial charge is 0.480 e. The molecule has 1 unspecified atom stereocenters. The first-order valence-corrected chi connectivity index (χ1v) is 4.42. The molecule has 0 fully saturated rings. The van der Waals surface area contributed by atoms with E-state index in [4.69, 9.17) is 10.8 Å². The second-order valence-corrected chi connectivity index (χ2v) is 2.82. The lowest BCUT2D eigenvalue weighted by molar-refractivity contribution is -0.140. The summed E-state index contributed by atoms with van der Waals surface area (Å²) in [6, 6.07) is -2.04. The molecule has 0 saturated heterocycles. The van der Waals surface area contributed by atoms with Crippen LogP contribution in [0.1, 0.15) is 13.3 Å². The number of carboxylic acids is 1. The Morgan fingerprint density at radius 1 is 1.44 bits per heavy atom. The highest BCUT2D eigenvalue weighted by molar-refractivity contribution is 5.87. The molecule has 0 aliphatic rings. The number of carbonyl (C=O) groups excluding carboxylic acids is 2. The van der Waals surface area contributed by atoms with Gasteiger partial charge in [-0.05, 0) is 6.92 Å². The van der Waals surface area contributed by atoms with Crippen LogP contribution >= 0.6 is 0 Å². The molecular weight excluding hydrogens is 214 g/mol. The van der Waals surface area contributed by atoms with Crippen LogP contribution in [-0.4, -0.2) is 35.6 Å².